The molecular formula is C16H15NO4. The summed E-state index contributed by atoms with van der Waals surface area (Å²) in [7, 11) is 0. The van der Waals surface area contributed by atoms with Gasteiger partial charge in [-0.3, -0.25) is 0 Å². The first-order valence-electron chi connectivity index (χ1n) is 6.64. The molecule has 2 aromatic rings. The molecule has 0 radical (unpaired) electrons. The molecule has 21 heavy (non-hydrogen) atoms. The number of fused-ring (bicyclic) bond motifs is 1. The highest BCUT2D eigenvalue weighted by Gasteiger charge is 2.14. The molecule has 0 bridgehead atoms. The smallest absolute Gasteiger partial charge is 0.337 e. The topological polar surface area (TPSA) is 67.8 Å². The van der Waals surface area contributed by atoms with Gasteiger partial charge in [0.25, 0.3) is 0 Å². The van der Waals surface area contributed by atoms with Gasteiger partial charge in [-0.1, -0.05) is 11.6 Å². The van der Waals surface area contributed by atoms with E-state index in [-0.39, 0.29) is 5.56 Å². The van der Waals surface area contributed by atoms with Crippen molar-refractivity contribution in [3.63, 3.8) is 0 Å². The Hall–Kier alpha value is -2.69. The van der Waals surface area contributed by atoms with Gasteiger partial charge in [-0.15, -0.1) is 0 Å². The van der Waals surface area contributed by atoms with Crippen molar-refractivity contribution >= 4 is 17.3 Å². The average Bonchev–Trinajstić information content (AvgIpc) is 2.49. The number of benzene rings is 2. The first-order valence-corrected chi connectivity index (χ1v) is 6.64. The van der Waals surface area contributed by atoms with Crippen LogP contribution in [0, 0.1) is 6.92 Å². The summed E-state index contributed by atoms with van der Waals surface area (Å²) in [6, 6.07) is 10.7. The first kappa shape index (κ1) is 13.3. The summed E-state index contributed by atoms with van der Waals surface area (Å²) in [6.07, 6.45) is 0. The Labute approximate surface area is 122 Å². The van der Waals surface area contributed by atoms with Crippen molar-refractivity contribution in [1.82, 2.24) is 0 Å². The molecule has 5 nitrogen and oxygen atoms in total. The predicted octanol–water partition coefficient (Wildman–Crippen LogP) is 3.21. The molecular weight excluding hydrogens is 270 g/mol. The van der Waals surface area contributed by atoms with Crippen LogP contribution in [0.3, 0.4) is 0 Å². The van der Waals surface area contributed by atoms with Crippen LogP contribution < -0.4 is 14.8 Å². The lowest BCUT2D eigenvalue weighted by atomic mass is 10.1. The maximum Gasteiger partial charge on any atom is 0.337 e. The van der Waals surface area contributed by atoms with Gasteiger partial charge in [0.05, 0.1) is 11.3 Å². The van der Waals surface area contributed by atoms with E-state index in [1.54, 1.807) is 18.2 Å². The van der Waals surface area contributed by atoms with E-state index in [2.05, 4.69) is 5.32 Å². The summed E-state index contributed by atoms with van der Waals surface area (Å²) < 4.78 is 11.0. The third kappa shape index (κ3) is 2.76. The van der Waals surface area contributed by atoms with E-state index in [1.165, 1.54) is 0 Å². The Kier molecular flexibility index (Phi) is 3.39. The molecule has 0 spiro atoms. The first-order chi connectivity index (χ1) is 10.1. The van der Waals surface area contributed by atoms with Crippen LogP contribution in [0.2, 0.25) is 0 Å². The van der Waals surface area contributed by atoms with Gasteiger partial charge in [0, 0.05) is 11.8 Å². The number of nitrogens with one attached hydrogen (secondary N) is 1. The highest BCUT2D eigenvalue weighted by Crippen LogP contribution is 2.34. The summed E-state index contributed by atoms with van der Waals surface area (Å²) in [5.74, 6) is 0.406. The van der Waals surface area contributed by atoms with E-state index >= 15 is 0 Å². The molecule has 1 aliphatic heterocycles. The Morgan fingerprint density at radius 2 is 1.86 bits per heavy atom. The van der Waals surface area contributed by atoms with Crippen molar-refractivity contribution in [1.29, 1.82) is 0 Å². The van der Waals surface area contributed by atoms with Gasteiger partial charge in [-0.2, -0.15) is 0 Å². The molecule has 0 unspecified atom stereocenters. The number of rotatable bonds is 3. The molecule has 0 amide bonds. The van der Waals surface area contributed by atoms with Gasteiger partial charge in [-0.25, -0.2) is 4.79 Å². The van der Waals surface area contributed by atoms with E-state index in [0.29, 0.717) is 30.4 Å². The van der Waals surface area contributed by atoms with Crippen molar-refractivity contribution in [2.75, 3.05) is 18.5 Å². The largest absolute Gasteiger partial charge is 0.486 e. The Bertz CT molecular complexity index is 697. The van der Waals surface area contributed by atoms with Crippen molar-refractivity contribution in [2.24, 2.45) is 0 Å². The summed E-state index contributed by atoms with van der Waals surface area (Å²) in [5, 5.41) is 12.4. The van der Waals surface area contributed by atoms with Crippen molar-refractivity contribution in [3.8, 4) is 11.5 Å². The number of hydrogen-bond acceptors (Lipinski definition) is 4. The van der Waals surface area contributed by atoms with Gasteiger partial charge in [0.15, 0.2) is 11.5 Å². The molecule has 0 fully saturated rings. The van der Waals surface area contributed by atoms with Crippen LogP contribution in [0.5, 0.6) is 11.5 Å². The minimum absolute atomic E-state index is 0.241. The zero-order chi connectivity index (χ0) is 14.8. The number of carboxylic acid groups (broad SMARTS) is 1. The molecule has 108 valence electrons. The molecule has 0 aromatic heterocycles. The maximum atomic E-state index is 11.3. The standard InChI is InChI=1S/C16H15NO4/c1-10-2-4-13(12(8-10)16(18)19)17-11-3-5-14-15(9-11)21-7-6-20-14/h2-5,8-9,17H,6-7H2,1H3,(H,18,19). The highest BCUT2D eigenvalue weighted by molar-refractivity contribution is 5.95. The van der Waals surface area contributed by atoms with Crippen LogP contribution in [-0.4, -0.2) is 24.3 Å². The number of ether oxygens (including phenoxy) is 2. The molecule has 5 heteroatoms. The number of carboxylic acids is 1. The van der Waals surface area contributed by atoms with Gasteiger partial charge in [-0.05, 0) is 31.2 Å². The van der Waals surface area contributed by atoms with Gasteiger partial charge < -0.3 is 19.9 Å². The number of carbonyl (C=O) groups is 1. The predicted molar refractivity (Wildman–Crippen MR) is 78.9 cm³/mol. The lowest BCUT2D eigenvalue weighted by Crippen LogP contribution is -2.15. The van der Waals surface area contributed by atoms with Crippen molar-refractivity contribution in [2.45, 2.75) is 6.92 Å². The fourth-order valence-electron chi connectivity index (χ4n) is 2.22. The van der Waals surface area contributed by atoms with Crippen LogP contribution in [-0.2, 0) is 0 Å². The molecule has 0 atom stereocenters. The Balaban J connectivity index is 1.92. The summed E-state index contributed by atoms with van der Waals surface area (Å²) in [4.78, 5) is 11.3. The fraction of sp³-hybridized carbons (Fsp3) is 0.188. The normalized spacial score (nSPS) is 12.8. The highest BCUT2D eigenvalue weighted by atomic mass is 16.6. The van der Waals surface area contributed by atoms with E-state index < -0.39 is 5.97 Å². The fourth-order valence-corrected chi connectivity index (χ4v) is 2.22. The third-order valence-electron chi connectivity index (χ3n) is 3.23. The summed E-state index contributed by atoms with van der Waals surface area (Å²) >= 11 is 0. The molecule has 0 aliphatic carbocycles. The van der Waals surface area contributed by atoms with E-state index in [4.69, 9.17) is 9.47 Å². The van der Waals surface area contributed by atoms with Crippen molar-refractivity contribution < 1.29 is 19.4 Å². The quantitative estimate of drug-likeness (QED) is 0.906. The van der Waals surface area contributed by atoms with Gasteiger partial charge in [0.1, 0.15) is 13.2 Å². The zero-order valence-electron chi connectivity index (χ0n) is 11.6. The minimum atomic E-state index is -0.959. The molecule has 0 saturated carbocycles. The molecule has 2 N–H and O–H groups in total. The second kappa shape index (κ2) is 5.36. The van der Waals surface area contributed by atoms with Gasteiger partial charge in [0.2, 0.25) is 0 Å². The Morgan fingerprint density at radius 1 is 1.10 bits per heavy atom. The SMILES string of the molecule is Cc1ccc(Nc2ccc3c(c2)OCCO3)c(C(=O)O)c1. The van der Waals surface area contributed by atoms with Crippen LogP contribution in [0.1, 0.15) is 15.9 Å². The van der Waals surface area contributed by atoms with E-state index in [9.17, 15) is 9.90 Å². The molecule has 1 aliphatic rings. The second-order valence-electron chi connectivity index (χ2n) is 4.84. The summed E-state index contributed by atoms with van der Waals surface area (Å²) in [5.41, 5.74) is 2.44. The Morgan fingerprint density at radius 3 is 2.62 bits per heavy atom. The van der Waals surface area contributed by atoms with E-state index in [1.807, 2.05) is 25.1 Å². The monoisotopic (exact) mass is 285 g/mol. The lowest BCUT2D eigenvalue weighted by molar-refractivity contribution is 0.0698. The molecule has 2 aromatic carbocycles. The minimum Gasteiger partial charge on any atom is -0.486 e. The van der Waals surface area contributed by atoms with Crippen LogP contribution >= 0.6 is 0 Å². The van der Waals surface area contributed by atoms with E-state index in [0.717, 1.165) is 11.3 Å². The molecule has 0 saturated heterocycles. The van der Waals surface area contributed by atoms with Crippen LogP contribution in [0.4, 0.5) is 11.4 Å². The number of aryl methyl sites for hydroxylation is 1. The number of hydrogen-bond donors (Lipinski definition) is 2. The molecule has 1 heterocycles. The number of aromatic carboxylic acids is 1. The van der Waals surface area contributed by atoms with Crippen LogP contribution in [0.15, 0.2) is 36.4 Å². The van der Waals surface area contributed by atoms with Gasteiger partial charge >= 0.3 is 5.97 Å². The van der Waals surface area contributed by atoms with Crippen molar-refractivity contribution in [3.05, 3.63) is 47.5 Å². The third-order valence-corrected chi connectivity index (χ3v) is 3.23. The van der Waals surface area contributed by atoms with Crippen LogP contribution in [0.25, 0.3) is 0 Å². The number of anilines is 2. The zero-order valence-corrected chi connectivity index (χ0v) is 11.6. The molecule has 3 rings (SSSR count). The lowest BCUT2D eigenvalue weighted by Gasteiger charge is -2.19. The maximum absolute atomic E-state index is 11.3. The summed E-state index contributed by atoms with van der Waals surface area (Å²) in [6.45, 7) is 2.92. The average molecular weight is 285 g/mol. The second-order valence-corrected chi connectivity index (χ2v) is 4.84.